The van der Waals surface area contributed by atoms with Gasteiger partial charge in [-0.25, -0.2) is 0 Å². The van der Waals surface area contributed by atoms with Crippen molar-refractivity contribution in [2.24, 2.45) is 23.7 Å². The summed E-state index contributed by atoms with van der Waals surface area (Å²) in [4.78, 5) is 35.2. The van der Waals surface area contributed by atoms with Crippen molar-refractivity contribution in [3.05, 3.63) is 0 Å². The van der Waals surface area contributed by atoms with Crippen LogP contribution in [0.3, 0.4) is 0 Å². The smallest absolute Gasteiger partial charge is 0.237 e. The SMILES string of the molecule is CCC(CC(C)C)C(=O)[C@@H]1C(=O)NC(=O)[C@H]1C. The zero-order valence-corrected chi connectivity index (χ0v) is 10.9. The van der Waals surface area contributed by atoms with Gasteiger partial charge >= 0.3 is 0 Å². The Morgan fingerprint density at radius 3 is 2.24 bits per heavy atom. The van der Waals surface area contributed by atoms with Gasteiger partial charge in [-0.05, 0) is 18.8 Å². The van der Waals surface area contributed by atoms with Gasteiger partial charge in [0.2, 0.25) is 11.8 Å². The molecule has 4 heteroatoms. The van der Waals surface area contributed by atoms with E-state index in [9.17, 15) is 14.4 Å². The highest BCUT2D eigenvalue weighted by Crippen LogP contribution is 2.27. The third kappa shape index (κ3) is 2.93. The fourth-order valence-electron chi connectivity index (χ4n) is 2.37. The highest BCUT2D eigenvalue weighted by molar-refractivity contribution is 6.15. The zero-order valence-electron chi connectivity index (χ0n) is 10.9. The monoisotopic (exact) mass is 239 g/mol. The van der Waals surface area contributed by atoms with Crippen LogP contribution in [0.2, 0.25) is 0 Å². The van der Waals surface area contributed by atoms with E-state index in [1.54, 1.807) is 6.92 Å². The summed E-state index contributed by atoms with van der Waals surface area (Å²) in [6, 6.07) is 0. The molecule has 1 heterocycles. The molecule has 0 saturated carbocycles. The van der Waals surface area contributed by atoms with Crippen molar-refractivity contribution in [2.45, 2.75) is 40.5 Å². The van der Waals surface area contributed by atoms with Crippen LogP contribution in [0.4, 0.5) is 0 Å². The molecule has 2 amide bonds. The van der Waals surface area contributed by atoms with Crippen molar-refractivity contribution < 1.29 is 14.4 Å². The van der Waals surface area contributed by atoms with Crippen molar-refractivity contribution in [3.8, 4) is 0 Å². The van der Waals surface area contributed by atoms with Gasteiger partial charge in [-0.3, -0.25) is 19.7 Å². The Kier molecular flexibility index (Phi) is 4.43. The molecule has 1 rings (SSSR count). The molecule has 4 nitrogen and oxygen atoms in total. The van der Waals surface area contributed by atoms with Crippen molar-refractivity contribution in [2.75, 3.05) is 0 Å². The molecule has 1 aliphatic heterocycles. The van der Waals surface area contributed by atoms with Gasteiger partial charge in [-0.2, -0.15) is 0 Å². The normalized spacial score (nSPS) is 26.2. The summed E-state index contributed by atoms with van der Waals surface area (Å²) >= 11 is 0. The topological polar surface area (TPSA) is 63.2 Å². The number of ketones is 1. The largest absolute Gasteiger partial charge is 0.298 e. The first-order valence-electron chi connectivity index (χ1n) is 6.26. The number of hydrogen-bond donors (Lipinski definition) is 1. The highest BCUT2D eigenvalue weighted by atomic mass is 16.2. The molecule has 1 aliphatic rings. The lowest BCUT2D eigenvalue weighted by molar-refractivity contribution is -0.136. The molecule has 17 heavy (non-hydrogen) atoms. The van der Waals surface area contributed by atoms with Gasteiger partial charge < -0.3 is 0 Å². The maximum absolute atomic E-state index is 12.3. The van der Waals surface area contributed by atoms with Crippen molar-refractivity contribution in [1.82, 2.24) is 5.32 Å². The third-order valence-corrected chi connectivity index (χ3v) is 3.40. The number of imide groups is 1. The Labute approximate surface area is 102 Å². The number of rotatable bonds is 5. The number of Topliss-reactive ketones (excluding diaryl/α,β-unsaturated/α-hetero) is 1. The average molecular weight is 239 g/mol. The Morgan fingerprint density at radius 2 is 1.88 bits per heavy atom. The van der Waals surface area contributed by atoms with Gasteiger partial charge in [0.15, 0.2) is 0 Å². The molecule has 3 atom stereocenters. The average Bonchev–Trinajstić information content (AvgIpc) is 2.48. The minimum absolute atomic E-state index is 0.0722. The minimum Gasteiger partial charge on any atom is -0.298 e. The molecular formula is C13H21NO3. The van der Waals surface area contributed by atoms with E-state index >= 15 is 0 Å². The molecule has 96 valence electrons. The molecule has 1 N–H and O–H groups in total. The predicted octanol–water partition coefficient (Wildman–Crippen LogP) is 1.54. The van der Waals surface area contributed by atoms with Crippen LogP contribution < -0.4 is 5.32 Å². The van der Waals surface area contributed by atoms with E-state index in [-0.39, 0.29) is 17.6 Å². The van der Waals surface area contributed by atoms with Crippen LogP contribution in [0.25, 0.3) is 0 Å². The van der Waals surface area contributed by atoms with Crippen LogP contribution in [0.5, 0.6) is 0 Å². The van der Waals surface area contributed by atoms with Gasteiger partial charge in [-0.1, -0.05) is 27.7 Å². The maximum Gasteiger partial charge on any atom is 0.237 e. The minimum atomic E-state index is -0.772. The zero-order chi connectivity index (χ0) is 13.2. The summed E-state index contributed by atoms with van der Waals surface area (Å²) in [5.74, 6) is -1.81. The number of hydrogen-bond acceptors (Lipinski definition) is 3. The molecule has 1 unspecified atom stereocenters. The highest BCUT2D eigenvalue weighted by Gasteiger charge is 2.44. The second kappa shape index (κ2) is 5.43. The Balaban J connectivity index is 2.80. The van der Waals surface area contributed by atoms with Crippen molar-refractivity contribution >= 4 is 17.6 Å². The standard InChI is InChI=1S/C13H21NO3/c1-5-9(6-7(2)3)11(15)10-8(4)12(16)14-13(10)17/h7-10H,5-6H2,1-4H3,(H,14,16,17)/t8-,9?,10+/m0/s1. The van der Waals surface area contributed by atoms with Crippen molar-refractivity contribution in [3.63, 3.8) is 0 Å². The van der Waals surface area contributed by atoms with Crippen LogP contribution in [0.15, 0.2) is 0 Å². The first kappa shape index (κ1) is 13.9. The molecule has 0 bridgehead atoms. The lowest BCUT2D eigenvalue weighted by Gasteiger charge is -2.20. The van der Waals surface area contributed by atoms with E-state index in [1.807, 2.05) is 6.92 Å². The van der Waals surface area contributed by atoms with E-state index in [2.05, 4.69) is 19.2 Å². The molecule has 1 fully saturated rings. The third-order valence-electron chi connectivity index (χ3n) is 3.40. The molecule has 0 aromatic carbocycles. The predicted molar refractivity (Wildman–Crippen MR) is 64.0 cm³/mol. The second-order valence-electron chi connectivity index (χ2n) is 5.26. The molecule has 0 aromatic heterocycles. The van der Waals surface area contributed by atoms with E-state index in [0.29, 0.717) is 5.92 Å². The summed E-state index contributed by atoms with van der Waals surface area (Å²) in [6.45, 7) is 7.70. The van der Waals surface area contributed by atoms with E-state index in [4.69, 9.17) is 0 Å². The Bertz CT molecular complexity index is 336. The Morgan fingerprint density at radius 1 is 1.29 bits per heavy atom. The van der Waals surface area contributed by atoms with Crippen LogP contribution in [-0.2, 0) is 14.4 Å². The number of carbonyl (C=O) groups excluding carboxylic acids is 3. The van der Waals surface area contributed by atoms with Gasteiger partial charge in [-0.15, -0.1) is 0 Å². The summed E-state index contributed by atoms with van der Waals surface area (Å²) < 4.78 is 0. The summed E-state index contributed by atoms with van der Waals surface area (Å²) in [5.41, 5.74) is 0. The van der Waals surface area contributed by atoms with Gasteiger partial charge in [0.1, 0.15) is 11.7 Å². The first-order valence-corrected chi connectivity index (χ1v) is 6.26. The molecule has 1 saturated heterocycles. The van der Waals surface area contributed by atoms with Crippen LogP contribution in [0.1, 0.15) is 40.5 Å². The van der Waals surface area contributed by atoms with E-state index < -0.39 is 17.7 Å². The Hall–Kier alpha value is -1.19. The molecule has 0 aliphatic carbocycles. The molecule has 0 radical (unpaired) electrons. The van der Waals surface area contributed by atoms with E-state index in [0.717, 1.165) is 12.8 Å². The summed E-state index contributed by atoms with van der Waals surface area (Å²) in [7, 11) is 0. The molecule has 0 spiro atoms. The quantitative estimate of drug-likeness (QED) is 0.584. The number of carbonyl (C=O) groups is 3. The van der Waals surface area contributed by atoms with Crippen LogP contribution in [-0.4, -0.2) is 17.6 Å². The summed E-state index contributed by atoms with van der Waals surface area (Å²) in [5, 5.41) is 2.23. The molecule has 0 aromatic rings. The van der Waals surface area contributed by atoms with Gasteiger partial charge in [0, 0.05) is 5.92 Å². The summed E-state index contributed by atoms with van der Waals surface area (Å²) in [6.07, 6.45) is 1.50. The van der Waals surface area contributed by atoms with E-state index in [1.165, 1.54) is 0 Å². The second-order valence-corrected chi connectivity index (χ2v) is 5.26. The number of nitrogens with one attached hydrogen (secondary N) is 1. The fourth-order valence-corrected chi connectivity index (χ4v) is 2.37. The first-order chi connectivity index (χ1) is 7.88. The van der Waals surface area contributed by atoms with Gasteiger partial charge in [0.25, 0.3) is 0 Å². The van der Waals surface area contributed by atoms with Crippen LogP contribution >= 0.6 is 0 Å². The molecular weight excluding hydrogens is 218 g/mol. The van der Waals surface area contributed by atoms with Crippen molar-refractivity contribution in [1.29, 1.82) is 0 Å². The lowest BCUT2D eigenvalue weighted by Crippen LogP contribution is -2.32. The van der Waals surface area contributed by atoms with Crippen LogP contribution in [0, 0.1) is 23.7 Å². The lowest BCUT2D eigenvalue weighted by atomic mass is 9.81. The maximum atomic E-state index is 12.3. The van der Waals surface area contributed by atoms with Gasteiger partial charge in [0.05, 0.1) is 5.92 Å². The fraction of sp³-hybridized carbons (Fsp3) is 0.769. The number of amides is 2.